The van der Waals surface area contributed by atoms with Crippen LogP contribution in [-0.4, -0.2) is 12.5 Å². The van der Waals surface area contributed by atoms with Crippen molar-refractivity contribution in [1.82, 2.24) is 5.32 Å². The summed E-state index contributed by atoms with van der Waals surface area (Å²) in [7, 11) is 0. The van der Waals surface area contributed by atoms with Gasteiger partial charge in [-0.05, 0) is 19.3 Å². The largest absolute Gasteiger partial charge is 0.356 e. The molecule has 0 aliphatic heterocycles. The predicted octanol–water partition coefficient (Wildman–Crippen LogP) is 2.73. The molecule has 0 aromatic rings. The Labute approximate surface area is 82.1 Å². The summed E-state index contributed by atoms with van der Waals surface area (Å²) in [4.78, 5) is 11.3. The number of carbonyl (C=O) groups excluding carboxylic acids is 1. The first-order valence-corrected chi connectivity index (χ1v) is 5.51. The normalized spacial score (nSPS) is 12.5. The average molecular weight is 185 g/mol. The summed E-state index contributed by atoms with van der Waals surface area (Å²) in [5.74, 6) is 0.803. The molecule has 0 fully saturated rings. The van der Waals surface area contributed by atoms with E-state index in [1.807, 2.05) is 6.92 Å². The Kier molecular flexibility index (Phi) is 7.76. The van der Waals surface area contributed by atoms with Crippen molar-refractivity contribution in [2.24, 2.45) is 5.92 Å². The molecule has 1 N–H and O–H groups in total. The molecule has 0 bridgehead atoms. The van der Waals surface area contributed by atoms with Gasteiger partial charge in [-0.15, -0.1) is 0 Å². The molecule has 0 heterocycles. The third kappa shape index (κ3) is 6.62. The van der Waals surface area contributed by atoms with E-state index in [0.717, 1.165) is 13.0 Å². The van der Waals surface area contributed by atoms with E-state index in [9.17, 15) is 4.79 Å². The van der Waals surface area contributed by atoms with E-state index < -0.39 is 0 Å². The Morgan fingerprint density at radius 2 is 2.00 bits per heavy atom. The molecule has 2 heteroatoms. The van der Waals surface area contributed by atoms with E-state index in [4.69, 9.17) is 0 Å². The standard InChI is InChI=1S/C11H23NO/c1-4-7-8-10(5-2)9-11(13)12-6-3/h10H,4-9H2,1-3H3,(H,12,13). The highest BCUT2D eigenvalue weighted by Gasteiger charge is 2.10. The van der Waals surface area contributed by atoms with Gasteiger partial charge in [-0.1, -0.05) is 33.1 Å². The fourth-order valence-corrected chi connectivity index (χ4v) is 1.47. The highest BCUT2D eigenvalue weighted by molar-refractivity contribution is 5.76. The molecule has 1 atom stereocenters. The number of rotatable bonds is 7. The lowest BCUT2D eigenvalue weighted by Gasteiger charge is -2.13. The smallest absolute Gasteiger partial charge is 0.220 e. The molecule has 1 amide bonds. The number of hydrogen-bond donors (Lipinski definition) is 1. The summed E-state index contributed by atoms with van der Waals surface area (Å²) in [6, 6.07) is 0. The second kappa shape index (κ2) is 8.09. The summed E-state index contributed by atoms with van der Waals surface area (Å²) >= 11 is 0. The van der Waals surface area contributed by atoms with Crippen molar-refractivity contribution in [3.8, 4) is 0 Å². The summed E-state index contributed by atoms with van der Waals surface area (Å²) in [5.41, 5.74) is 0. The van der Waals surface area contributed by atoms with Crippen LogP contribution >= 0.6 is 0 Å². The molecule has 0 saturated heterocycles. The zero-order chi connectivity index (χ0) is 10.1. The number of unbranched alkanes of at least 4 members (excludes halogenated alkanes) is 1. The Balaban J connectivity index is 3.62. The molecule has 1 unspecified atom stereocenters. The SMILES string of the molecule is CCCCC(CC)CC(=O)NCC. The van der Waals surface area contributed by atoms with Crippen molar-refractivity contribution < 1.29 is 4.79 Å². The maximum Gasteiger partial charge on any atom is 0.220 e. The minimum atomic E-state index is 0.213. The topological polar surface area (TPSA) is 29.1 Å². The van der Waals surface area contributed by atoms with Crippen LogP contribution in [0.1, 0.15) is 52.9 Å². The van der Waals surface area contributed by atoms with Crippen LogP contribution in [0.25, 0.3) is 0 Å². The minimum Gasteiger partial charge on any atom is -0.356 e. The van der Waals surface area contributed by atoms with Gasteiger partial charge in [0.05, 0.1) is 0 Å². The highest BCUT2D eigenvalue weighted by Crippen LogP contribution is 2.16. The van der Waals surface area contributed by atoms with Crippen molar-refractivity contribution in [3.05, 3.63) is 0 Å². The molecule has 13 heavy (non-hydrogen) atoms. The summed E-state index contributed by atoms with van der Waals surface area (Å²) in [5, 5.41) is 2.85. The first-order valence-electron chi connectivity index (χ1n) is 5.51. The first kappa shape index (κ1) is 12.5. The Bertz CT molecular complexity index is 134. The average Bonchev–Trinajstić information content (AvgIpc) is 2.12. The van der Waals surface area contributed by atoms with Crippen LogP contribution in [0, 0.1) is 5.92 Å². The Morgan fingerprint density at radius 3 is 2.46 bits per heavy atom. The zero-order valence-electron chi connectivity index (χ0n) is 9.23. The van der Waals surface area contributed by atoms with Gasteiger partial charge >= 0.3 is 0 Å². The number of nitrogens with one attached hydrogen (secondary N) is 1. The number of amides is 1. The lowest BCUT2D eigenvalue weighted by atomic mass is 9.95. The number of hydrogen-bond acceptors (Lipinski definition) is 1. The first-order chi connectivity index (χ1) is 6.24. The van der Waals surface area contributed by atoms with Gasteiger partial charge in [0.1, 0.15) is 0 Å². The molecule has 0 aromatic carbocycles. The van der Waals surface area contributed by atoms with Gasteiger partial charge in [-0.25, -0.2) is 0 Å². The maximum absolute atomic E-state index is 11.3. The van der Waals surface area contributed by atoms with E-state index in [1.54, 1.807) is 0 Å². The van der Waals surface area contributed by atoms with Crippen molar-refractivity contribution in [3.63, 3.8) is 0 Å². The van der Waals surface area contributed by atoms with Crippen LogP contribution in [0.3, 0.4) is 0 Å². The van der Waals surface area contributed by atoms with Gasteiger partial charge in [0.25, 0.3) is 0 Å². The van der Waals surface area contributed by atoms with Gasteiger partial charge in [-0.3, -0.25) is 4.79 Å². The third-order valence-corrected chi connectivity index (χ3v) is 2.39. The fraction of sp³-hybridized carbons (Fsp3) is 0.909. The van der Waals surface area contributed by atoms with E-state index in [0.29, 0.717) is 12.3 Å². The maximum atomic E-state index is 11.3. The van der Waals surface area contributed by atoms with Gasteiger partial charge < -0.3 is 5.32 Å². The fourth-order valence-electron chi connectivity index (χ4n) is 1.47. The summed E-state index contributed by atoms with van der Waals surface area (Å²) < 4.78 is 0. The molecular formula is C11H23NO. The van der Waals surface area contributed by atoms with Crippen molar-refractivity contribution >= 4 is 5.91 Å². The third-order valence-electron chi connectivity index (χ3n) is 2.39. The summed E-state index contributed by atoms with van der Waals surface area (Å²) in [6.45, 7) is 7.08. The quantitative estimate of drug-likeness (QED) is 0.649. The van der Waals surface area contributed by atoms with Crippen LogP contribution < -0.4 is 5.32 Å². The zero-order valence-corrected chi connectivity index (χ0v) is 9.23. The van der Waals surface area contributed by atoms with E-state index >= 15 is 0 Å². The molecule has 78 valence electrons. The van der Waals surface area contributed by atoms with E-state index in [1.165, 1.54) is 19.3 Å². The minimum absolute atomic E-state index is 0.213. The number of carbonyl (C=O) groups is 1. The van der Waals surface area contributed by atoms with Crippen molar-refractivity contribution in [1.29, 1.82) is 0 Å². The van der Waals surface area contributed by atoms with Crippen LogP contribution in [0.15, 0.2) is 0 Å². The Hall–Kier alpha value is -0.530. The molecule has 0 rings (SSSR count). The molecule has 0 aromatic heterocycles. The van der Waals surface area contributed by atoms with E-state index in [2.05, 4.69) is 19.2 Å². The molecule has 0 radical (unpaired) electrons. The molecule has 0 aliphatic rings. The van der Waals surface area contributed by atoms with Gasteiger partial charge in [0.15, 0.2) is 0 Å². The summed E-state index contributed by atoms with van der Waals surface area (Å²) in [6.07, 6.45) is 5.51. The van der Waals surface area contributed by atoms with Crippen LogP contribution in [0.2, 0.25) is 0 Å². The van der Waals surface area contributed by atoms with Crippen molar-refractivity contribution in [2.75, 3.05) is 6.54 Å². The monoisotopic (exact) mass is 185 g/mol. The molecule has 2 nitrogen and oxygen atoms in total. The molecular weight excluding hydrogens is 162 g/mol. The molecule has 0 spiro atoms. The lowest BCUT2D eigenvalue weighted by Crippen LogP contribution is -2.24. The Morgan fingerprint density at radius 1 is 1.31 bits per heavy atom. The predicted molar refractivity (Wildman–Crippen MR) is 56.6 cm³/mol. The van der Waals surface area contributed by atoms with E-state index in [-0.39, 0.29) is 5.91 Å². The van der Waals surface area contributed by atoms with Crippen LogP contribution in [0.4, 0.5) is 0 Å². The highest BCUT2D eigenvalue weighted by atomic mass is 16.1. The van der Waals surface area contributed by atoms with Gasteiger partial charge in [0, 0.05) is 13.0 Å². The van der Waals surface area contributed by atoms with Crippen molar-refractivity contribution in [2.45, 2.75) is 52.9 Å². The molecule has 0 saturated carbocycles. The molecule has 0 aliphatic carbocycles. The van der Waals surface area contributed by atoms with Gasteiger partial charge in [0.2, 0.25) is 5.91 Å². The van der Waals surface area contributed by atoms with Crippen LogP contribution in [-0.2, 0) is 4.79 Å². The second-order valence-electron chi connectivity index (χ2n) is 3.57. The second-order valence-corrected chi connectivity index (χ2v) is 3.57. The van der Waals surface area contributed by atoms with Gasteiger partial charge in [-0.2, -0.15) is 0 Å². The van der Waals surface area contributed by atoms with Crippen LogP contribution in [0.5, 0.6) is 0 Å². The lowest BCUT2D eigenvalue weighted by molar-refractivity contribution is -0.122.